The van der Waals surface area contributed by atoms with E-state index in [4.69, 9.17) is 21.4 Å². The van der Waals surface area contributed by atoms with Crippen molar-refractivity contribution >= 4 is 29.3 Å². The van der Waals surface area contributed by atoms with Gasteiger partial charge in [-0.2, -0.15) is 0 Å². The molecule has 0 aromatic heterocycles. The predicted octanol–water partition coefficient (Wildman–Crippen LogP) is 2.69. The number of aliphatic carboxylic acids is 1. The number of amides is 2. The van der Waals surface area contributed by atoms with Gasteiger partial charge in [0.2, 0.25) is 0 Å². The van der Waals surface area contributed by atoms with Crippen LogP contribution in [-0.2, 0) is 10.3 Å². The Bertz CT molecular complexity index is 674. The normalized spacial score (nSPS) is 18.2. The molecule has 4 N–H and O–H groups in total. The molecule has 1 saturated carbocycles. The lowest BCUT2D eigenvalue weighted by Gasteiger charge is -2.43. The number of rotatable bonds is 6. The number of benzene rings is 1. The van der Waals surface area contributed by atoms with Gasteiger partial charge in [0.1, 0.15) is 12.4 Å². The second-order valence-electron chi connectivity index (χ2n) is 6.44. The molecule has 7 nitrogen and oxygen atoms in total. The van der Waals surface area contributed by atoms with Crippen molar-refractivity contribution in [1.29, 1.82) is 0 Å². The van der Waals surface area contributed by atoms with Crippen molar-refractivity contribution in [2.75, 3.05) is 25.0 Å². The summed E-state index contributed by atoms with van der Waals surface area (Å²) in [6.45, 7) is 0.630. The average Bonchev–Trinajstić information content (AvgIpc) is 2.57. The van der Waals surface area contributed by atoms with Gasteiger partial charge in [0, 0.05) is 12.1 Å². The zero-order valence-electron chi connectivity index (χ0n) is 13.9. The first-order valence-electron chi connectivity index (χ1n) is 8.49. The molecule has 1 fully saturated rings. The Morgan fingerprint density at radius 1 is 1.32 bits per heavy atom. The maximum atomic E-state index is 12.1. The first kappa shape index (κ1) is 17.8. The molecule has 2 amide bonds. The minimum Gasteiger partial charge on any atom is -0.492 e. The van der Waals surface area contributed by atoms with Crippen LogP contribution in [0.1, 0.15) is 37.7 Å². The van der Waals surface area contributed by atoms with E-state index < -0.39 is 11.5 Å². The molecule has 8 heteroatoms. The summed E-state index contributed by atoms with van der Waals surface area (Å²) in [6, 6.07) is 3.28. The van der Waals surface area contributed by atoms with E-state index in [9.17, 15) is 9.59 Å². The number of carbonyl (C=O) groups excluding carboxylic acids is 1. The van der Waals surface area contributed by atoms with E-state index in [1.807, 2.05) is 6.07 Å². The van der Waals surface area contributed by atoms with Crippen LogP contribution < -0.4 is 20.7 Å². The fourth-order valence-electron chi connectivity index (χ4n) is 3.66. The summed E-state index contributed by atoms with van der Waals surface area (Å²) in [6.07, 6.45) is 4.91. The van der Waals surface area contributed by atoms with Crippen molar-refractivity contribution in [3.05, 3.63) is 22.7 Å². The topological polar surface area (TPSA) is 99.7 Å². The molecule has 1 aromatic carbocycles. The molecule has 136 valence electrons. The molecule has 25 heavy (non-hydrogen) atoms. The van der Waals surface area contributed by atoms with Crippen LogP contribution in [0.4, 0.5) is 10.5 Å². The number of anilines is 1. The minimum atomic E-state index is -0.906. The molecule has 1 aromatic rings. The summed E-state index contributed by atoms with van der Waals surface area (Å²) < 4.78 is 5.90. The highest BCUT2D eigenvalue weighted by Crippen LogP contribution is 2.49. The van der Waals surface area contributed by atoms with Gasteiger partial charge in [0.25, 0.3) is 0 Å². The highest BCUT2D eigenvalue weighted by Gasteiger charge is 2.43. The van der Waals surface area contributed by atoms with E-state index in [1.165, 1.54) is 0 Å². The molecular formula is C17H22ClN3O4. The smallest absolute Gasteiger partial charge is 0.319 e. The average molecular weight is 368 g/mol. The number of urea groups is 1. The number of carbonyl (C=O) groups is 2. The molecule has 1 aliphatic carbocycles. The standard InChI is InChI=1S/C17H22ClN3O4/c18-11-4-5-12(25-9-8-19-10-13(22)23)14-15(11)20-16(24)21-17(14)6-2-1-3-7-17/h4-5,19H,1-3,6-10H2,(H,22,23)(H2,20,21,24). The van der Waals surface area contributed by atoms with Crippen molar-refractivity contribution in [3.63, 3.8) is 0 Å². The van der Waals surface area contributed by atoms with Gasteiger partial charge in [0.05, 0.1) is 22.8 Å². The molecular weight excluding hydrogens is 346 g/mol. The molecule has 0 saturated heterocycles. The maximum Gasteiger partial charge on any atom is 0.319 e. The van der Waals surface area contributed by atoms with Crippen molar-refractivity contribution in [1.82, 2.24) is 10.6 Å². The summed E-state index contributed by atoms with van der Waals surface area (Å²) in [5, 5.41) is 17.8. The summed E-state index contributed by atoms with van der Waals surface area (Å²) in [4.78, 5) is 22.7. The fraction of sp³-hybridized carbons (Fsp3) is 0.529. The fourth-order valence-corrected chi connectivity index (χ4v) is 3.86. The lowest BCUT2D eigenvalue weighted by molar-refractivity contribution is -0.135. The van der Waals surface area contributed by atoms with E-state index in [-0.39, 0.29) is 12.6 Å². The zero-order chi connectivity index (χ0) is 17.9. The van der Waals surface area contributed by atoms with Crippen molar-refractivity contribution < 1.29 is 19.4 Å². The number of ether oxygens (including phenoxy) is 1. The van der Waals surface area contributed by atoms with Crippen molar-refractivity contribution in [3.8, 4) is 5.75 Å². The van der Waals surface area contributed by atoms with Crippen LogP contribution in [0.5, 0.6) is 5.75 Å². The first-order chi connectivity index (χ1) is 12.0. The number of fused-ring (bicyclic) bond motifs is 2. The van der Waals surface area contributed by atoms with Crippen LogP contribution >= 0.6 is 11.6 Å². The van der Waals surface area contributed by atoms with Gasteiger partial charge in [-0.3, -0.25) is 4.79 Å². The molecule has 1 spiro atoms. The van der Waals surface area contributed by atoms with Crippen molar-refractivity contribution in [2.45, 2.75) is 37.6 Å². The van der Waals surface area contributed by atoms with Gasteiger partial charge in [-0.15, -0.1) is 0 Å². The number of carboxylic acid groups (broad SMARTS) is 1. The van der Waals surface area contributed by atoms with Crippen LogP contribution in [0.3, 0.4) is 0 Å². The Labute approximate surface area is 151 Å². The Morgan fingerprint density at radius 3 is 2.80 bits per heavy atom. The summed E-state index contributed by atoms with van der Waals surface area (Å²) in [7, 11) is 0. The highest BCUT2D eigenvalue weighted by molar-refractivity contribution is 6.34. The lowest BCUT2D eigenvalue weighted by Crippen LogP contribution is -2.53. The third kappa shape index (κ3) is 3.82. The molecule has 1 heterocycles. The van der Waals surface area contributed by atoms with Gasteiger partial charge in [-0.1, -0.05) is 30.9 Å². The molecule has 0 radical (unpaired) electrons. The Hall–Kier alpha value is -1.99. The minimum absolute atomic E-state index is 0.108. The second-order valence-corrected chi connectivity index (χ2v) is 6.84. The highest BCUT2D eigenvalue weighted by atomic mass is 35.5. The molecule has 0 atom stereocenters. The largest absolute Gasteiger partial charge is 0.492 e. The first-order valence-corrected chi connectivity index (χ1v) is 8.87. The van der Waals surface area contributed by atoms with Crippen LogP contribution in [0.25, 0.3) is 0 Å². The van der Waals surface area contributed by atoms with Crippen LogP contribution in [0.15, 0.2) is 12.1 Å². The van der Waals surface area contributed by atoms with Gasteiger partial charge in [-0.25, -0.2) is 4.79 Å². The predicted molar refractivity (Wildman–Crippen MR) is 94.4 cm³/mol. The van der Waals surface area contributed by atoms with E-state index in [0.29, 0.717) is 29.6 Å². The summed E-state index contributed by atoms with van der Waals surface area (Å²) in [5.74, 6) is -0.233. The van der Waals surface area contributed by atoms with E-state index in [1.54, 1.807) is 6.07 Å². The maximum absolute atomic E-state index is 12.1. The Kier molecular flexibility index (Phi) is 5.34. The molecule has 3 rings (SSSR count). The van der Waals surface area contributed by atoms with Crippen molar-refractivity contribution in [2.24, 2.45) is 0 Å². The number of hydrogen-bond acceptors (Lipinski definition) is 4. The number of hydrogen-bond donors (Lipinski definition) is 4. The molecule has 0 unspecified atom stereocenters. The second kappa shape index (κ2) is 7.49. The van der Waals surface area contributed by atoms with Gasteiger partial charge < -0.3 is 25.8 Å². The zero-order valence-corrected chi connectivity index (χ0v) is 14.6. The van der Waals surface area contributed by atoms with Gasteiger partial charge >= 0.3 is 12.0 Å². The molecule has 2 aliphatic rings. The SMILES string of the molecule is O=C(O)CNCCOc1ccc(Cl)c2c1C1(CCCCC1)NC(=O)N2. The summed E-state index contributed by atoms with van der Waals surface area (Å²) in [5.41, 5.74) is 1.06. The Morgan fingerprint density at radius 2 is 2.08 bits per heavy atom. The van der Waals surface area contributed by atoms with E-state index in [0.717, 1.165) is 37.7 Å². The van der Waals surface area contributed by atoms with Crippen LogP contribution in [-0.4, -0.2) is 36.8 Å². The van der Waals surface area contributed by atoms with Gasteiger partial charge in [0.15, 0.2) is 0 Å². The number of carboxylic acids is 1. The van der Waals surface area contributed by atoms with Crippen LogP contribution in [0.2, 0.25) is 5.02 Å². The van der Waals surface area contributed by atoms with E-state index >= 15 is 0 Å². The van der Waals surface area contributed by atoms with Gasteiger partial charge in [-0.05, 0) is 25.0 Å². The van der Waals surface area contributed by atoms with E-state index in [2.05, 4.69) is 16.0 Å². The Balaban J connectivity index is 1.84. The number of halogens is 1. The summed E-state index contributed by atoms with van der Waals surface area (Å²) >= 11 is 6.32. The third-order valence-electron chi connectivity index (χ3n) is 4.71. The quantitative estimate of drug-likeness (QED) is 0.579. The molecule has 0 bridgehead atoms. The third-order valence-corrected chi connectivity index (χ3v) is 5.02. The monoisotopic (exact) mass is 367 g/mol. The number of nitrogens with one attached hydrogen (secondary N) is 3. The lowest BCUT2D eigenvalue weighted by atomic mass is 9.74. The van der Waals surface area contributed by atoms with Crippen LogP contribution in [0, 0.1) is 0 Å². The molecule has 1 aliphatic heterocycles.